The first-order chi connectivity index (χ1) is 7.97. The van der Waals surface area contributed by atoms with E-state index in [0.717, 1.165) is 0 Å². The summed E-state index contributed by atoms with van der Waals surface area (Å²) in [6, 6.07) is 3.19. The average molecular weight is 306 g/mol. The van der Waals surface area contributed by atoms with Crippen molar-refractivity contribution >= 4 is 21.9 Å². The van der Waals surface area contributed by atoms with Crippen LogP contribution in [-0.2, 0) is 9.53 Å². The van der Waals surface area contributed by atoms with Gasteiger partial charge >= 0.3 is 5.97 Å². The zero-order chi connectivity index (χ0) is 13.0. The second kappa shape index (κ2) is 5.97. The van der Waals surface area contributed by atoms with E-state index < -0.39 is 18.2 Å². The molecule has 0 aromatic heterocycles. The van der Waals surface area contributed by atoms with Crippen molar-refractivity contribution in [2.75, 3.05) is 6.61 Å². The van der Waals surface area contributed by atoms with Crippen molar-refractivity contribution in [3.8, 4) is 5.75 Å². The standard InChI is InChI=1S/C11H13BrFNO3/c1-2-17-11(16)9(13)10(14)7-4-3-6(12)5-8(7)15/h3-5,9-10,15H,2,14H2,1H3/t9?,10-/m0/s1. The summed E-state index contributed by atoms with van der Waals surface area (Å²) < 4.78 is 18.8. The highest BCUT2D eigenvalue weighted by atomic mass is 79.9. The monoisotopic (exact) mass is 305 g/mol. The molecule has 2 atom stereocenters. The lowest BCUT2D eigenvalue weighted by Crippen LogP contribution is -2.31. The summed E-state index contributed by atoms with van der Waals surface area (Å²) in [6.45, 7) is 1.66. The van der Waals surface area contributed by atoms with Crippen LogP contribution in [0, 0.1) is 0 Å². The molecule has 0 heterocycles. The lowest BCUT2D eigenvalue weighted by atomic mass is 10.0. The summed E-state index contributed by atoms with van der Waals surface area (Å²) in [5.41, 5.74) is 5.73. The zero-order valence-corrected chi connectivity index (χ0v) is 10.8. The first-order valence-corrected chi connectivity index (χ1v) is 5.81. The van der Waals surface area contributed by atoms with Gasteiger partial charge in [0.1, 0.15) is 5.75 Å². The molecule has 17 heavy (non-hydrogen) atoms. The molecule has 0 radical (unpaired) electrons. The average Bonchev–Trinajstić information content (AvgIpc) is 2.27. The number of nitrogens with two attached hydrogens (primary N) is 1. The van der Waals surface area contributed by atoms with Crippen LogP contribution >= 0.6 is 15.9 Å². The largest absolute Gasteiger partial charge is 0.508 e. The highest BCUT2D eigenvalue weighted by molar-refractivity contribution is 9.10. The van der Waals surface area contributed by atoms with Crippen LogP contribution < -0.4 is 5.73 Å². The summed E-state index contributed by atoms with van der Waals surface area (Å²) >= 11 is 3.15. The molecule has 3 N–H and O–H groups in total. The minimum absolute atomic E-state index is 0.0816. The normalized spacial score (nSPS) is 14.1. The molecule has 0 saturated heterocycles. The fourth-order valence-corrected chi connectivity index (χ4v) is 1.67. The molecule has 0 aliphatic carbocycles. The van der Waals surface area contributed by atoms with Gasteiger partial charge in [0.2, 0.25) is 6.17 Å². The molecule has 6 heteroatoms. The molecule has 1 aromatic rings. The van der Waals surface area contributed by atoms with Gasteiger partial charge in [-0.25, -0.2) is 9.18 Å². The molecule has 0 fully saturated rings. The molecule has 0 bridgehead atoms. The number of halogens is 2. The van der Waals surface area contributed by atoms with Crippen LogP contribution in [0.5, 0.6) is 5.75 Å². The molecule has 0 amide bonds. The van der Waals surface area contributed by atoms with Gasteiger partial charge in [-0.15, -0.1) is 0 Å². The number of alkyl halides is 1. The van der Waals surface area contributed by atoms with Crippen LogP contribution in [0.25, 0.3) is 0 Å². The van der Waals surface area contributed by atoms with Crippen LogP contribution in [0.2, 0.25) is 0 Å². The van der Waals surface area contributed by atoms with Crippen LogP contribution in [0.4, 0.5) is 4.39 Å². The molecule has 4 nitrogen and oxygen atoms in total. The molecule has 0 aliphatic heterocycles. The fraction of sp³-hybridized carbons (Fsp3) is 0.364. The summed E-state index contributed by atoms with van der Waals surface area (Å²) in [5, 5.41) is 9.59. The maximum absolute atomic E-state index is 13.6. The van der Waals surface area contributed by atoms with E-state index in [4.69, 9.17) is 5.73 Å². The first-order valence-electron chi connectivity index (χ1n) is 5.02. The number of ether oxygens (including phenoxy) is 1. The quantitative estimate of drug-likeness (QED) is 0.835. The Morgan fingerprint density at radius 2 is 2.29 bits per heavy atom. The van der Waals surface area contributed by atoms with Gasteiger partial charge in [0.15, 0.2) is 0 Å². The number of carbonyl (C=O) groups excluding carboxylic acids is 1. The van der Waals surface area contributed by atoms with Gasteiger partial charge in [-0.05, 0) is 19.1 Å². The lowest BCUT2D eigenvalue weighted by Gasteiger charge is -2.17. The van der Waals surface area contributed by atoms with Crippen molar-refractivity contribution in [1.29, 1.82) is 0 Å². The van der Waals surface area contributed by atoms with Gasteiger partial charge in [-0.1, -0.05) is 22.0 Å². The van der Waals surface area contributed by atoms with Gasteiger partial charge in [-0.3, -0.25) is 0 Å². The van der Waals surface area contributed by atoms with E-state index in [1.807, 2.05) is 0 Å². The minimum Gasteiger partial charge on any atom is -0.508 e. The Labute approximate surface area is 107 Å². The number of carbonyl (C=O) groups is 1. The highest BCUT2D eigenvalue weighted by Gasteiger charge is 2.29. The Morgan fingerprint density at radius 1 is 1.65 bits per heavy atom. The van der Waals surface area contributed by atoms with E-state index >= 15 is 0 Å². The molecule has 94 valence electrons. The maximum Gasteiger partial charge on any atom is 0.342 e. The summed E-state index contributed by atoms with van der Waals surface area (Å²) in [6.07, 6.45) is -2.00. The molecule has 0 aliphatic rings. The summed E-state index contributed by atoms with van der Waals surface area (Å²) in [7, 11) is 0. The fourth-order valence-electron chi connectivity index (χ4n) is 1.32. The van der Waals surface area contributed by atoms with Gasteiger partial charge in [0.05, 0.1) is 12.6 Å². The van der Waals surface area contributed by atoms with Crippen molar-refractivity contribution in [3.63, 3.8) is 0 Å². The molecule has 0 spiro atoms. The van der Waals surface area contributed by atoms with E-state index in [0.29, 0.717) is 4.47 Å². The van der Waals surface area contributed by atoms with Crippen LogP contribution in [-0.4, -0.2) is 23.9 Å². The first kappa shape index (κ1) is 13.9. The third kappa shape index (κ3) is 3.41. The van der Waals surface area contributed by atoms with Gasteiger partial charge < -0.3 is 15.6 Å². The molecule has 1 unspecified atom stereocenters. The summed E-state index contributed by atoms with van der Waals surface area (Å²) in [5.74, 6) is -1.19. The molecule has 1 aromatic carbocycles. The van der Waals surface area contributed by atoms with Crippen LogP contribution in [0.15, 0.2) is 22.7 Å². The molecule has 0 saturated carbocycles. The van der Waals surface area contributed by atoms with E-state index in [-0.39, 0.29) is 17.9 Å². The second-order valence-electron chi connectivity index (χ2n) is 3.38. The topological polar surface area (TPSA) is 72.5 Å². The molecule has 1 rings (SSSR count). The van der Waals surface area contributed by atoms with E-state index in [1.165, 1.54) is 12.1 Å². The Balaban J connectivity index is 2.88. The SMILES string of the molecule is CCOC(=O)C(F)[C@@H](N)c1ccc(Br)cc1O. The number of phenolic OH excluding ortho intramolecular Hbond substituents is 1. The smallest absolute Gasteiger partial charge is 0.342 e. The predicted octanol–water partition coefficient (Wildman–Crippen LogP) is 2.06. The van der Waals surface area contributed by atoms with Crippen molar-refractivity contribution in [1.82, 2.24) is 0 Å². The number of esters is 1. The Hall–Kier alpha value is -1.14. The van der Waals surface area contributed by atoms with Gasteiger partial charge in [0.25, 0.3) is 0 Å². The Morgan fingerprint density at radius 3 is 2.82 bits per heavy atom. The third-order valence-electron chi connectivity index (χ3n) is 2.18. The van der Waals surface area contributed by atoms with E-state index in [2.05, 4.69) is 20.7 Å². The van der Waals surface area contributed by atoms with Gasteiger partial charge in [-0.2, -0.15) is 0 Å². The van der Waals surface area contributed by atoms with Crippen molar-refractivity contribution < 1.29 is 19.0 Å². The minimum atomic E-state index is -2.00. The van der Waals surface area contributed by atoms with Crippen LogP contribution in [0.3, 0.4) is 0 Å². The van der Waals surface area contributed by atoms with Crippen molar-refractivity contribution in [2.24, 2.45) is 5.73 Å². The number of aromatic hydroxyl groups is 1. The Kier molecular flexibility index (Phi) is 4.89. The number of phenols is 1. The lowest BCUT2D eigenvalue weighted by molar-refractivity contribution is -0.149. The third-order valence-corrected chi connectivity index (χ3v) is 2.67. The van der Waals surface area contributed by atoms with Gasteiger partial charge in [0, 0.05) is 10.0 Å². The number of hydrogen-bond acceptors (Lipinski definition) is 4. The predicted molar refractivity (Wildman–Crippen MR) is 64.3 cm³/mol. The molecular weight excluding hydrogens is 293 g/mol. The summed E-state index contributed by atoms with van der Waals surface area (Å²) in [4.78, 5) is 11.2. The molecular formula is C11H13BrFNO3. The Bertz CT molecular complexity index is 414. The highest BCUT2D eigenvalue weighted by Crippen LogP contribution is 2.29. The zero-order valence-electron chi connectivity index (χ0n) is 9.19. The maximum atomic E-state index is 13.6. The van der Waals surface area contributed by atoms with E-state index in [9.17, 15) is 14.3 Å². The van der Waals surface area contributed by atoms with Crippen LogP contribution in [0.1, 0.15) is 18.5 Å². The van der Waals surface area contributed by atoms with Crippen molar-refractivity contribution in [3.05, 3.63) is 28.2 Å². The number of benzene rings is 1. The number of hydrogen-bond donors (Lipinski definition) is 2. The van der Waals surface area contributed by atoms with E-state index in [1.54, 1.807) is 13.0 Å². The van der Waals surface area contributed by atoms with Crippen molar-refractivity contribution in [2.45, 2.75) is 19.1 Å². The second-order valence-corrected chi connectivity index (χ2v) is 4.30. The number of rotatable bonds is 4.